The molecule has 0 saturated heterocycles. The first kappa shape index (κ1) is 63.2. The molecule has 0 fully saturated rings. The quantitative estimate of drug-likeness (QED) is 0.0386. The highest BCUT2D eigenvalue weighted by Gasteiger charge is 2.44. The molecule has 0 N–H and O–H groups in total. The molecule has 11 aromatic rings. The minimum atomic E-state index is -0.264. The third kappa shape index (κ3) is 11.2. The zero-order chi connectivity index (χ0) is 64.6. The summed E-state index contributed by atoms with van der Waals surface area (Å²) in [4.78, 5) is 2.48. The summed E-state index contributed by atoms with van der Waals surface area (Å²) in [6.07, 6.45) is 25.5. The summed E-state index contributed by atoms with van der Waals surface area (Å²) < 4.78 is 0. The minimum absolute atomic E-state index is 0.0190. The number of nitrogens with zero attached hydrogens (tertiary/aromatic N) is 1. The Bertz CT molecular complexity index is 4470. The van der Waals surface area contributed by atoms with Gasteiger partial charge in [0.2, 0.25) is 0 Å². The molecule has 0 spiro atoms. The molecule has 11 aromatic carbocycles. The van der Waals surface area contributed by atoms with Crippen LogP contribution in [-0.2, 0) is 16.2 Å². The largest absolute Gasteiger partial charge is 0.310 e. The molecule has 0 unspecified atom stereocenters. The maximum atomic E-state index is 2.62. The molecule has 0 atom stereocenters. The van der Waals surface area contributed by atoms with Gasteiger partial charge in [-0.15, -0.1) is 0 Å². The molecule has 3 aliphatic rings. The van der Waals surface area contributed by atoms with Gasteiger partial charge >= 0.3 is 0 Å². The molecule has 0 aliphatic heterocycles. The Labute approximate surface area is 563 Å². The Hall–Kier alpha value is -8.26. The number of hydrogen-bond acceptors (Lipinski definition) is 1. The van der Waals surface area contributed by atoms with E-state index in [0.717, 1.165) is 11.4 Å². The number of anilines is 3. The first-order valence-electron chi connectivity index (χ1n) is 36.7. The van der Waals surface area contributed by atoms with Crippen molar-refractivity contribution >= 4 is 38.6 Å². The van der Waals surface area contributed by atoms with Crippen molar-refractivity contribution in [3.63, 3.8) is 0 Å². The van der Waals surface area contributed by atoms with E-state index in [0.29, 0.717) is 0 Å². The molecular weight excluding hydrogens is 1130 g/mol. The van der Waals surface area contributed by atoms with Crippen molar-refractivity contribution in [3.05, 3.63) is 257 Å². The smallest absolute Gasteiger partial charge is 0.0465 e. The summed E-state index contributed by atoms with van der Waals surface area (Å²) in [5.41, 5.74) is 31.1. The van der Waals surface area contributed by atoms with Gasteiger partial charge in [-0.05, 0) is 216 Å². The normalized spacial score (nSPS) is 14.2. The highest BCUT2D eigenvalue weighted by Crippen LogP contribution is 2.59. The molecule has 0 saturated carbocycles. The first-order valence-corrected chi connectivity index (χ1v) is 36.7. The van der Waals surface area contributed by atoms with Gasteiger partial charge in [0.05, 0.1) is 0 Å². The van der Waals surface area contributed by atoms with Crippen LogP contribution in [-0.4, -0.2) is 0 Å². The van der Waals surface area contributed by atoms with E-state index in [4.69, 9.17) is 0 Å². The van der Waals surface area contributed by atoms with E-state index in [1.165, 1.54) is 256 Å². The second-order valence-corrected chi connectivity index (χ2v) is 29.2. The lowest BCUT2D eigenvalue weighted by Crippen LogP contribution is -2.25. The maximum Gasteiger partial charge on any atom is 0.0465 e. The van der Waals surface area contributed by atoms with Crippen LogP contribution in [0.1, 0.15) is 214 Å². The molecule has 94 heavy (non-hydrogen) atoms. The Morgan fingerprint density at radius 1 is 0.266 bits per heavy atom. The van der Waals surface area contributed by atoms with E-state index >= 15 is 0 Å². The van der Waals surface area contributed by atoms with E-state index in [2.05, 4.69) is 273 Å². The SMILES string of the molecule is CCCCCCCCC1(CCCCCCCC)c2cc(C)ccc2-c2ccc(-c3ccc(N(c4ccc(C)cc4)c4ccc5c(c4)C(C)(C)c4cc(-c6c7ccccc7c(-c7ccc8c(c7)C(CCCC)(CCCC)c7ccccc7-8)c7ccccc67)ccc4-5)cc3)cc21. The first-order chi connectivity index (χ1) is 46.0. The Morgan fingerprint density at radius 3 is 1.16 bits per heavy atom. The van der Waals surface area contributed by atoms with Gasteiger partial charge in [0.15, 0.2) is 0 Å². The van der Waals surface area contributed by atoms with Gasteiger partial charge in [-0.3, -0.25) is 0 Å². The summed E-state index contributed by atoms with van der Waals surface area (Å²) in [6, 6.07) is 83.6. The van der Waals surface area contributed by atoms with Gasteiger partial charge in [0, 0.05) is 33.3 Å². The second-order valence-electron chi connectivity index (χ2n) is 29.2. The van der Waals surface area contributed by atoms with Crippen molar-refractivity contribution in [1.82, 2.24) is 0 Å². The fraction of sp³-hybridized carbons (Fsp3) is 0.333. The summed E-state index contributed by atoms with van der Waals surface area (Å²) in [6.45, 7) is 18.8. The number of rotatable bonds is 26. The van der Waals surface area contributed by atoms with Crippen LogP contribution in [0.4, 0.5) is 17.1 Å². The topological polar surface area (TPSA) is 3.24 Å². The molecule has 14 rings (SSSR count). The second kappa shape index (κ2) is 26.9. The van der Waals surface area contributed by atoms with Crippen molar-refractivity contribution in [3.8, 4) is 66.8 Å². The monoisotopic (exact) mass is 1230 g/mol. The molecule has 0 aromatic heterocycles. The molecule has 0 heterocycles. The zero-order valence-corrected chi connectivity index (χ0v) is 57.8. The summed E-state index contributed by atoms with van der Waals surface area (Å²) in [7, 11) is 0. The fourth-order valence-electron chi connectivity index (χ4n) is 17.8. The molecule has 0 bridgehead atoms. The number of fused-ring (bicyclic) bond motifs is 11. The van der Waals surface area contributed by atoms with Crippen LogP contribution in [0.25, 0.3) is 88.3 Å². The predicted octanol–water partition coefficient (Wildman–Crippen LogP) is 27.8. The number of unbranched alkanes of at least 4 members (excludes halogenated alkanes) is 12. The van der Waals surface area contributed by atoms with E-state index in [9.17, 15) is 0 Å². The predicted molar refractivity (Wildman–Crippen MR) is 407 cm³/mol. The fourth-order valence-corrected chi connectivity index (χ4v) is 17.8. The van der Waals surface area contributed by atoms with Crippen LogP contribution < -0.4 is 4.90 Å². The van der Waals surface area contributed by atoms with Crippen molar-refractivity contribution in [1.29, 1.82) is 0 Å². The molecule has 0 amide bonds. The average Bonchev–Trinajstić information content (AvgIpc) is 1.47. The van der Waals surface area contributed by atoms with Crippen molar-refractivity contribution in [2.75, 3.05) is 4.90 Å². The number of benzene rings is 11. The lowest BCUT2D eigenvalue weighted by Gasteiger charge is -2.33. The Balaban J connectivity index is 0.807. The van der Waals surface area contributed by atoms with Gasteiger partial charge in [-0.2, -0.15) is 0 Å². The van der Waals surface area contributed by atoms with Crippen LogP contribution in [0.15, 0.2) is 212 Å². The zero-order valence-electron chi connectivity index (χ0n) is 57.8. The molecular formula is C93H99N. The lowest BCUT2D eigenvalue weighted by atomic mass is 9.70. The van der Waals surface area contributed by atoms with E-state index in [1.807, 2.05) is 0 Å². The van der Waals surface area contributed by atoms with Crippen LogP contribution in [0.5, 0.6) is 0 Å². The summed E-state index contributed by atoms with van der Waals surface area (Å²) in [5.74, 6) is 0. The molecule has 1 nitrogen and oxygen atoms in total. The Morgan fingerprint density at radius 2 is 0.617 bits per heavy atom. The molecule has 3 aliphatic carbocycles. The molecule has 0 radical (unpaired) electrons. The van der Waals surface area contributed by atoms with E-state index in [1.54, 1.807) is 11.1 Å². The molecule has 476 valence electrons. The maximum absolute atomic E-state index is 2.62. The highest BCUT2D eigenvalue weighted by atomic mass is 15.1. The molecule has 1 heteroatoms. The van der Waals surface area contributed by atoms with Gasteiger partial charge in [-0.25, -0.2) is 0 Å². The average molecular weight is 1230 g/mol. The van der Waals surface area contributed by atoms with Crippen molar-refractivity contribution in [2.24, 2.45) is 0 Å². The minimum Gasteiger partial charge on any atom is -0.310 e. The van der Waals surface area contributed by atoms with Gasteiger partial charge in [0.25, 0.3) is 0 Å². The number of hydrogen-bond donors (Lipinski definition) is 0. The van der Waals surface area contributed by atoms with Crippen molar-refractivity contribution in [2.45, 2.75) is 200 Å². The van der Waals surface area contributed by atoms with Gasteiger partial charge in [0.1, 0.15) is 0 Å². The van der Waals surface area contributed by atoms with Gasteiger partial charge < -0.3 is 4.90 Å². The third-order valence-corrected chi connectivity index (χ3v) is 22.8. The van der Waals surface area contributed by atoms with Crippen LogP contribution in [0, 0.1) is 13.8 Å². The highest BCUT2D eigenvalue weighted by molar-refractivity contribution is 6.21. The van der Waals surface area contributed by atoms with Crippen molar-refractivity contribution < 1.29 is 0 Å². The van der Waals surface area contributed by atoms with Gasteiger partial charge in [-0.1, -0.05) is 313 Å². The summed E-state index contributed by atoms with van der Waals surface area (Å²) in [5, 5.41) is 5.22. The Kier molecular flexibility index (Phi) is 18.0. The lowest BCUT2D eigenvalue weighted by molar-refractivity contribution is 0.398. The van der Waals surface area contributed by atoms with Crippen LogP contribution >= 0.6 is 0 Å². The van der Waals surface area contributed by atoms with E-state index < -0.39 is 0 Å². The van der Waals surface area contributed by atoms with Crippen LogP contribution in [0.2, 0.25) is 0 Å². The summed E-state index contributed by atoms with van der Waals surface area (Å²) >= 11 is 0. The number of aryl methyl sites for hydroxylation is 2. The third-order valence-electron chi connectivity index (χ3n) is 22.8. The standard InChI is InChI=1S/C93H99N/c1-9-13-17-19-21-29-57-93(58-30-22-20-18-14-10-2)86-59-65(6)39-50-76(86)78-51-42-67(60-87(78)93)66-40-47-71(48-41-66)94(70-45-37-64(5)38-46-70)72-49-54-75-74-52-43-68(61-84(74)91(7,8)85(75)63-72)89-79-32-23-25-34-81(79)90(82-35-26-24-33-80(82)89)69-44-53-77-73-31-27-28-36-83(73)92(55-15-11-3,56-16-12-4)88(77)62-69/h23-28,31-54,59-63H,9-22,29-30,55-58H2,1-8H3. The van der Waals surface area contributed by atoms with Crippen LogP contribution in [0.3, 0.4) is 0 Å². The van der Waals surface area contributed by atoms with E-state index in [-0.39, 0.29) is 16.2 Å².